The molecule has 0 saturated heterocycles. The molecular weight excluding hydrogens is 243 g/mol. The summed E-state index contributed by atoms with van der Waals surface area (Å²) in [6.07, 6.45) is 0. The van der Waals surface area contributed by atoms with Crippen molar-refractivity contribution in [2.24, 2.45) is 0 Å². The zero-order valence-corrected chi connectivity index (χ0v) is 12.2. The topological polar surface area (TPSA) is 97.7 Å². The molecule has 16 heavy (non-hydrogen) atoms. The third kappa shape index (κ3) is 5.40. The average Bonchev–Trinajstić information content (AvgIpc) is 2.19. The summed E-state index contributed by atoms with van der Waals surface area (Å²) in [5.41, 5.74) is 0.581. The van der Waals surface area contributed by atoms with Crippen LogP contribution in [0.4, 0.5) is 0 Å². The fraction of sp³-hybridized carbons (Fsp3) is 0.333. The Balaban J connectivity index is 0. The molecule has 0 aromatic heterocycles. The van der Waals surface area contributed by atoms with Crippen LogP contribution in [0.1, 0.15) is 25.3 Å². The summed E-state index contributed by atoms with van der Waals surface area (Å²) in [6.45, 7) is 3.70. The van der Waals surface area contributed by atoms with Crippen LogP contribution in [0, 0.1) is 0 Å². The standard InChI is InChI=1S/C9H12O3S.Na.H2O2/c1-7(2)8-5-3-4-6-9(8)13(10,11)12;;1-2/h3-7H,1-2H3,(H,10,11,12);;1-2H/q;+1;/p-1. The van der Waals surface area contributed by atoms with Crippen LogP contribution in [0.3, 0.4) is 0 Å². The molecular formula is C9H13NaO5S. The number of hydrogen-bond acceptors (Lipinski definition) is 5. The van der Waals surface area contributed by atoms with Gasteiger partial charge in [-0.3, -0.25) is 10.5 Å². The van der Waals surface area contributed by atoms with Gasteiger partial charge in [0.15, 0.2) is 0 Å². The van der Waals surface area contributed by atoms with Crippen LogP contribution in [0.25, 0.3) is 0 Å². The molecule has 0 bridgehead atoms. The van der Waals surface area contributed by atoms with Crippen LogP contribution in [0.2, 0.25) is 0 Å². The minimum absolute atomic E-state index is 0. The Hall–Kier alpha value is 0.0500. The van der Waals surface area contributed by atoms with Crippen molar-refractivity contribution >= 4 is 10.1 Å². The van der Waals surface area contributed by atoms with Crippen molar-refractivity contribution in [2.75, 3.05) is 0 Å². The van der Waals surface area contributed by atoms with Gasteiger partial charge in [-0.2, -0.15) is 0 Å². The minimum Gasteiger partial charge on any atom is -0.744 e. The molecule has 0 aliphatic heterocycles. The van der Waals surface area contributed by atoms with E-state index in [1.54, 1.807) is 18.2 Å². The van der Waals surface area contributed by atoms with Crippen LogP contribution >= 0.6 is 0 Å². The van der Waals surface area contributed by atoms with Gasteiger partial charge in [-0.05, 0) is 17.5 Å². The molecule has 1 rings (SSSR count). The van der Waals surface area contributed by atoms with E-state index in [-0.39, 0.29) is 40.4 Å². The first-order valence-electron chi connectivity index (χ1n) is 4.17. The van der Waals surface area contributed by atoms with E-state index in [4.69, 9.17) is 10.5 Å². The van der Waals surface area contributed by atoms with E-state index in [2.05, 4.69) is 0 Å². The van der Waals surface area contributed by atoms with E-state index >= 15 is 0 Å². The van der Waals surface area contributed by atoms with Crippen molar-refractivity contribution in [2.45, 2.75) is 24.7 Å². The Kier molecular flexibility index (Phi) is 9.42. The molecule has 2 N–H and O–H groups in total. The van der Waals surface area contributed by atoms with Gasteiger partial charge in [-0.1, -0.05) is 32.0 Å². The molecule has 0 amide bonds. The number of hydrogen-bond donors (Lipinski definition) is 2. The number of benzene rings is 1. The van der Waals surface area contributed by atoms with Crippen molar-refractivity contribution in [1.82, 2.24) is 0 Å². The summed E-state index contributed by atoms with van der Waals surface area (Å²) >= 11 is 0. The molecule has 0 spiro atoms. The van der Waals surface area contributed by atoms with E-state index < -0.39 is 10.1 Å². The van der Waals surface area contributed by atoms with Crippen molar-refractivity contribution in [1.29, 1.82) is 0 Å². The molecule has 0 fully saturated rings. The molecule has 0 atom stereocenters. The van der Waals surface area contributed by atoms with Gasteiger partial charge in [0, 0.05) is 0 Å². The van der Waals surface area contributed by atoms with E-state index in [1.165, 1.54) is 6.07 Å². The normalized spacial score (nSPS) is 10.1. The SMILES string of the molecule is CC(C)c1ccccc1S(=O)(=O)[O-].OO.[Na+]. The minimum atomic E-state index is -4.33. The van der Waals surface area contributed by atoms with Gasteiger partial charge in [-0.25, -0.2) is 8.42 Å². The third-order valence-electron chi connectivity index (χ3n) is 1.81. The predicted octanol–water partition coefficient (Wildman–Crippen LogP) is -1.26. The average molecular weight is 256 g/mol. The Labute approximate surface area is 117 Å². The first kappa shape index (κ1) is 18.4. The fourth-order valence-electron chi connectivity index (χ4n) is 1.19. The summed E-state index contributed by atoms with van der Waals surface area (Å²) in [5, 5.41) is 12.0. The Morgan fingerprint density at radius 1 is 1.19 bits per heavy atom. The van der Waals surface area contributed by atoms with Crippen LogP contribution in [-0.4, -0.2) is 23.5 Å². The molecule has 7 heteroatoms. The van der Waals surface area contributed by atoms with Gasteiger partial charge in [0.2, 0.25) is 0 Å². The van der Waals surface area contributed by atoms with Gasteiger partial charge in [0.05, 0.1) is 4.90 Å². The summed E-state index contributed by atoms with van der Waals surface area (Å²) in [5.74, 6) is 0.0416. The first-order chi connectivity index (χ1) is 6.93. The molecule has 0 radical (unpaired) electrons. The van der Waals surface area contributed by atoms with Crippen LogP contribution < -0.4 is 29.6 Å². The molecule has 1 aromatic rings. The maximum Gasteiger partial charge on any atom is 1.00 e. The Morgan fingerprint density at radius 3 is 1.94 bits per heavy atom. The van der Waals surface area contributed by atoms with E-state index in [1.807, 2.05) is 13.8 Å². The third-order valence-corrected chi connectivity index (χ3v) is 2.72. The number of rotatable bonds is 2. The second kappa shape index (κ2) is 8.19. The fourth-order valence-corrected chi connectivity index (χ4v) is 2.02. The second-order valence-electron chi connectivity index (χ2n) is 3.15. The molecule has 0 aliphatic carbocycles. The van der Waals surface area contributed by atoms with Crippen molar-refractivity contribution in [3.8, 4) is 0 Å². The molecule has 5 nitrogen and oxygen atoms in total. The molecule has 0 saturated carbocycles. The Morgan fingerprint density at radius 2 is 1.62 bits per heavy atom. The summed E-state index contributed by atoms with van der Waals surface area (Å²) in [4.78, 5) is -0.106. The predicted molar refractivity (Wildman–Crippen MR) is 53.8 cm³/mol. The maximum absolute atomic E-state index is 10.8. The molecule has 1 aromatic carbocycles. The van der Waals surface area contributed by atoms with Crippen LogP contribution in [0.5, 0.6) is 0 Å². The first-order valence-corrected chi connectivity index (χ1v) is 5.58. The van der Waals surface area contributed by atoms with Gasteiger partial charge >= 0.3 is 29.6 Å². The smallest absolute Gasteiger partial charge is 0.744 e. The molecule has 0 aliphatic rings. The van der Waals surface area contributed by atoms with Gasteiger partial charge in [0.25, 0.3) is 0 Å². The summed E-state index contributed by atoms with van der Waals surface area (Å²) in [7, 11) is -4.33. The molecule has 0 heterocycles. The van der Waals surface area contributed by atoms with Crippen molar-refractivity contribution < 1.29 is 53.0 Å². The van der Waals surface area contributed by atoms with Crippen LogP contribution in [0.15, 0.2) is 29.2 Å². The van der Waals surface area contributed by atoms with Crippen molar-refractivity contribution in [3.05, 3.63) is 29.8 Å². The van der Waals surface area contributed by atoms with Crippen LogP contribution in [-0.2, 0) is 10.1 Å². The van der Waals surface area contributed by atoms with E-state index in [0.717, 1.165) is 0 Å². The quantitative estimate of drug-likeness (QED) is 0.298. The summed E-state index contributed by atoms with van der Waals surface area (Å²) < 4.78 is 32.4. The summed E-state index contributed by atoms with van der Waals surface area (Å²) in [6, 6.07) is 6.29. The monoisotopic (exact) mass is 256 g/mol. The molecule has 0 unspecified atom stereocenters. The second-order valence-corrected chi connectivity index (χ2v) is 4.49. The van der Waals surface area contributed by atoms with Gasteiger partial charge < -0.3 is 4.55 Å². The maximum atomic E-state index is 10.8. The zero-order valence-electron chi connectivity index (χ0n) is 9.41. The van der Waals surface area contributed by atoms with Gasteiger partial charge in [-0.15, -0.1) is 0 Å². The largest absolute Gasteiger partial charge is 1.00 e. The van der Waals surface area contributed by atoms with E-state index in [9.17, 15) is 13.0 Å². The zero-order chi connectivity index (χ0) is 12.1. The van der Waals surface area contributed by atoms with Gasteiger partial charge in [0.1, 0.15) is 10.1 Å². The Bertz CT molecular complexity index is 402. The van der Waals surface area contributed by atoms with E-state index in [0.29, 0.717) is 5.56 Å². The van der Waals surface area contributed by atoms with Crippen molar-refractivity contribution in [3.63, 3.8) is 0 Å². The molecule has 86 valence electrons.